The molecule has 0 aliphatic heterocycles. The zero-order valence-electron chi connectivity index (χ0n) is 19.2. The van der Waals surface area contributed by atoms with Crippen LogP contribution in [0, 0.1) is 46.3 Å². The summed E-state index contributed by atoms with van der Waals surface area (Å²) in [6.07, 6.45) is 6.67. The van der Waals surface area contributed by atoms with Crippen molar-refractivity contribution in [2.75, 3.05) is 7.11 Å². The van der Waals surface area contributed by atoms with Gasteiger partial charge in [-0.1, -0.05) is 20.8 Å². The Morgan fingerprint density at radius 1 is 1.03 bits per heavy atom. The maximum Gasteiger partial charge on any atom is 0.305 e. The Bertz CT molecular complexity index is 651. The fourth-order valence-electron chi connectivity index (χ4n) is 8.83. The van der Waals surface area contributed by atoms with Gasteiger partial charge in [-0.2, -0.15) is 0 Å². The molecule has 5 nitrogen and oxygen atoms in total. The van der Waals surface area contributed by atoms with E-state index in [4.69, 9.17) is 4.74 Å². The van der Waals surface area contributed by atoms with Crippen LogP contribution in [0.2, 0.25) is 0 Å². The molecular weight excluding hydrogens is 380 g/mol. The van der Waals surface area contributed by atoms with E-state index < -0.39 is 0 Å². The molecule has 5 heteroatoms. The molecule has 3 N–H and O–H groups in total. The molecule has 30 heavy (non-hydrogen) atoms. The standard InChI is InChI=1S/C25H42O5/c1-14(5-6-21(29)30-4)18-13-20(28)23-22-17(8-10-25(18,23)3)24(2)9-7-16(26)11-15(24)12-19(22)27/h14-20,22-23,26-28H,5-13H2,1-4H3/t14-,15+,16-,17+,18-,19-,20+,22+,23+,24+,25-/m1/s1. The number of aliphatic hydroxyl groups excluding tert-OH is 3. The largest absolute Gasteiger partial charge is 0.469 e. The van der Waals surface area contributed by atoms with Gasteiger partial charge in [0, 0.05) is 6.42 Å². The molecule has 0 amide bonds. The number of rotatable bonds is 4. The molecule has 11 atom stereocenters. The smallest absolute Gasteiger partial charge is 0.305 e. The molecule has 0 spiro atoms. The lowest BCUT2D eigenvalue weighted by Gasteiger charge is -2.62. The quantitative estimate of drug-likeness (QED) is 0.603. The van der Waals surface area contributed by atoms with E-state index in [1.807, 2.05) is 0 Å². The Morgan fingerprint density at radius 3 is 2.43 bits per heavy atom. The predicted octanol–water partition coefficient (Wildman–Crippen LogP) is 3.54. The molecule has 4 aliphatic rings. The minimum atomic E-state index is -0.387. The highest BCUT2D eigenvalue weighted by atomic mass is 16.5. The summed E-state index contributed by atoms with van der Waals surface area (Å²) in [4.78, 5) is 11.7. The van der Waals surface area contributed by atoms with Crippen LogP contribution in [-0.2, 0) is 9.53 Å². The fraction of sp³-hybridized carbons (Fsp3) is 0.960. The van der Waals surface area contributed by atoms with Gasteiger partial charge in [-0.3, -0.25) is 4.79 Å². The lowest BCUT2D eigenvalue weighted by molar-refractivity contribution is -0.185. The Morgan fingerprint density at radius 2 is 1.73 bits per heavy atom. The van der Waals surface area contributed by atoms with Gasteiger partial charge >= 0.3 is 5.97 Å². The monoisotopic (exact) mass is 422 g/mol. The summed E-state index contributed by atoms with van der Waals surface area (Å²) in [5.74, 6) is 1.64. The van der Waals surface area contributed by atoms with E-state index in [-0.39, 0.29) is 46.9 Å². The molecule has 0 aromatic rings. The lowest BCUT2D eigenvalue weighted by atomic mass is 9.43. The van der Waals surface area contributed by atoms with Crippen LogP contribution in [0.4, 0.5) is 0 Å². The van der Waals surface area contributed by atoms with Crippen molar-refractivity contribution in [2.24, 2.45) is 46.3 Å². The lowest BCUT2D eigenvalue weighted by Crippen LogP contribution is -2.60. The number of esters is 1. The number of aliphatic hydroxyl groups is 3. The van der Waals surface area contributed by atoms with Gasteiger partial charge in [0.1, 0.15) is 0 Å². The number of methoxy groups -OCH3 is 1. The Kier molecular flexibility index (Phi) is 6.04. The number of hydrogen-bond donors (Lipinski definition) is 3. The molecule has 172 valence electrons. The maximum absolute atomic E-state index is 11.7. The van der Waals surface area contributed by atoms with Crippen molar-refractivity contribution in [2.45, 2.75) is 96.9 Å². The van der Waals surface area contributed by atoms with Gasteiger partial charge < -0.3 is 20.1 Å². The van der Waals surface area contributed by atoms with E-state index in [0.29, 0.717) is 30.1 Å². The Balaban J connectivity index is 1.57. The fourth-order valence-corrected chi connectivity index (χ4v) is 8.83. The second kappa shape index (κ2) is 8.04. The number of ether oxygens (including phenoxy) is 1. The van der Waals surface area contributed by atoms with E-state index in [9.17, 15) is 20.1 Å². The van der Waals surface area contributed by atoms with Gasteiger partial charge in [0.15, 0.2) is 0 Å². The number of fused-ring (bicyclic) bond motifs is 5. The third kappa shape index (κ3) is 3.44. The van der Waals surface area contributed by atoms with Crippen LogP contribution >= 0.6 is 0 Å². The van der Waals surface area contributed by atoms with E-state index in [1.54, 1.807) is 0 Å². The average Bonchev–Trinajstić information content (AvgIpc) is 2.98. The number of carbonyl (C=O) groups is 1. The first-order valence-corrected chi connectivity index (χ1v) is 12.2. The van der Waals surface area contributed by atoms with Crippen molar-refractivity contribution in [3.8, 4) is 0 Å². The number of carbonyl (C=O) groups excluding carboxylic acids is 1. The van der Waals surface area contributed by atoms with Crippen LogP contribution in [-0.4, -0.2) is 46.7 Å². The Hall–Kier alpha value is -0.650. The molecule has 4 fully saturated rings. The van der Waals surface area contributed by atoms with Crippen LogP contribution in [0.25, 0.3) is 0 Å². The van der Waals surface area contributed by atoms with Gasteiger partial charge in [-0.15, -0.1) is 0 Å². The topological polar surface area (TPSA) is 87.0 Å². The minimum Gasteiger partial charge on any atom is -0.469 e. The molecule has 0 aromatic heterocycles. The molecule has 4 aliphatic carbocycles. The van der Waals surface area contributed by atoms with E-state index in [1.165, 1.54) is 7.11 Å². The minimum absolute atomic E-state index is 0.00841. The second-order valence-corrected chi connectivity index (χ2v) is 11.7. The van der Waals surface area contributed by atoms with Crippen LogP contribution in [0.3, 0.4) is 0 Å². The third-order valence-corrected chi connectivity index (χ3v) is 10.4. The van der Waals surface area contributed by atoms with Crippen molar-refractivity contribution in [1.29, 1.82) is 0 Å². The highest BCUT2D eigenvalue weighted by Crippen LogP contribution is 2.68. The zero-order valence-corrected chi connectivity index (χ0v) is 19.2. The third-order valence-electron chi connectivity index (χ3n) is 10.4. The zero-order chi connectivity index (χ0) is 21.8. The van der Waals surface area contributed by atoms with Crippen molar-refractivity contribution in [3.05, 3.63) is 0 Å². The molecule has 4 rings (SSSR count). The molecule has 0 aromatic carbocycles. The second-order valence-electron chi connectivity index (χ2n) is 11.7. The van der Waals surface area contributed by atoms with Crippen LogP contribution in [0.15, 0.2) is 0 Å². The summed E-state index contributed by atoms with van der Waals surface area (Å²) in [6, 6.07) is 0. The van der Waals surface area contributed by atoms with Crippen LogP contribution < -0.4 is 0 Å². The Labute approximate surface area is 181 Å². The van der Waals surface area contributed by atoms with E-state index in [2.05, 4.69) is 20.8 Å². The van der Waals surface area contributed by atoms with Gasteiger partial charge in [0.25, 0.3) is 0 Å². The molecule has 0 heterocycles. The van der Waals surface area contributed by atoms with E-state index in [0.717, 1.165) is 51.4 Å². The summed E-state index contributed by atoms with van der Waals surface area (Å²) < 4.78 is 4.83. The van der Waals surface area contributed by atoms with Crippen molar-refractivity contribution in [3.63, 3.8) is 0 Å². The maximum atomic E-state index is 11.7. The summed E-state index contributed by atoms with van der Waals surface area (Å²) in [5.41, 5.74) is 0.174. The normalized spacial score (nSPS) is 51.4. The van der Waals surface area contributed by atoms with Crippen molar-refractivity contribution >= 4 is 5.97 Å². The van der Waals surface area contributed by atoms with Crippen LogP contribution in [0.5, 0.6) is 0 Å². The summed E-state index contributed by atoms with van der Waals surface area (Å²) in [7, 11) is 1.44. The highest BCUT2D eigenvalue weighted by Gasteiger charge is 2.65. The SMILES string of the molecule is COC(=O)CC[C@@H](C)[C@H]1C[C@H](O)[C@H]2[C@@H]3[C@H](O)C[C@@H]4C[C@H](O)CC[C@]4(C)[C@H]3CC[C@@]21C. The first kappa shape index (κ1) is 22.5. The molecule has 0 saturated heterocycles. The van der Waals surface area contributed by atoms with Gasteiger partial charge in [0.2, 0.25) is 0 Å². The highest BCUT2D eigenvalue weighted by molar-refractivity contribution is 5.69. The molecule has 0 radical (unpaired) electrons. The van der Waals surface area contributed by atoms with Crippen molar-refractivity contribution in [1.82, 2.24) is 0 Å². The molecular formula is C25H42O5. The van der Waals surface area contributed by atoms with Gasteiger partial charge in [0.05, 0.1) is 25.4 Å². The summed E-state index contributed by atoms with van der Waals surface area (Å²) in [6.45, 7) is 6.96. The first-order valence-electron chi connectivity index (χ1n) is 12.2. The average molecular weight is 423 g/mol. The van der Waals surface area contributed by atoms with Gasteiger partial charge in [-0.25, -0.2) is 0 Å². The summed E-state index contributed by atoms with van der Waals surface area (Å²) in [5, 5.41) is 32.8. The molecule has 0 bridgehead atoms. The predicted molar refractivity (Wildman–Crippen MR) is 114 cm³/mol. The summed E-state index contributed by atoms with van der Waals surface area (Å²) >= 11 is 0. The van der Waals surface area contributed by atoms with Crippen LogP contribution in [0.1, 0.15) is 78.6 Å². The number of hydrogen-bond acceptors (Lipinski definition) is 5. The van der Waals surface area contributed by atoms with Crippen molar-refractivity contribution < 1.29 is 24.9 Å². The molecule has 0 unspecified atom stereocenters. The van der Waals surface area contributed by atoms with E-state index >= 15 is 0 Å². The first-order chi connectivity index (χ1) is 14.1. The van der Waals surface area contributed by atoms with Gasteiger partial charge in [-0.05, 0) is 97.7 Å². The molecule has 4 saturated carbocycles.